The van der Waals surface area contributed by atoms with Crippen LogP contribution in [0.2, 0.25) is 0 Å². The Balaban J connectivity index is 0.000000845. The van der Waals surface area contributed by atoms with Gasteiger partial charge in [0.05, 0.1) is 0 Å². The average Bonchev–Trinajstić information content (AvgIpc) is 2.56. The predicted octanol–water partition coefficient (Wildman–Crippen LogP) is 5.89. The quantitative estimate of drug-likeness (QED) is 0.110. The van der Waals surface area contributed by atoms with Gasteiger partial charge in [-0.2, -0.15) is 17.5 Å². The fraction of sp³-hybridized carbons (Fsp3) is 0. The van der Waals surface area contributed by atoms with Crippen molar-refractivity contribution in [3.05, 3.63) is 84.9 Å². The zero-order chi connectivity index (χ0) is 14.5. The summed E-state index contributed by atoms with van der Waals surface area (Å²) in [5.41, 5.74) is 0. The molecule has 0 aromatic heterocycles. The third-order valence-corrected chi connectivity index (χ3v) is 4.33. The summed E-state index contributed by atoms with van der Waals surface area (Å²) in [6.07, 6.45) is 0. The molecule has 24 heavy (non-hydrogen) atoms. The third-order valence-electron chi connectivity index (χ3n) is 4.33. The summed E-state index contributed by atoms with van der Waals surface area (Å²) < 4.78 is 0. The first-order valence-electron chi connectivity index (χ1n) is 7.46. The Kier molecular flexibility index (Phi) is 4.98. The first-order valence-corrected chi connectivity index (χ1v) is 7.46. The van der Waals surface area contributed by atoms with E-state index < -0.39 is 0 Å². The molecule has 5 rings (SSSR count). The molecule has 0 aliphatic heterocycles. The van der Waals surface area contributed by atoms with Gasteiger partial charge in [0, 0.05) is 0 Å². The number of hydrogen-bond acceptors (Lipinski definition) is 0. The van der Waals surface area contributed by atoms with E-state index in [1.54, 1.807) is 0 Å². The summed E-state index contributed by atoms with van der Waals surface area (Å²) in [6.45, 7) is 0. The van der Waals surface area contributed by atoms with E-state index in [4.69, 9.17) is 0 Å². The van der Waals surface area contributed by atoms with Crippen LogP contribution >= 0.6 is 0 Å². The molecule has 0 radical (unpaired) electrons. The standard InChI is InChI=1S/C22H12.2Au/c1-2-6-16-10-20-14-22-12-18-8-4-3-7-17(18)11-21(22)13-19(20)9-15(16)5-1;;/h1-7,9-12,14H;;/q-2;2*+1. The Morgan fingerprint density at radius 1 is 0.500 bits per heavy atom. The van der Waals surface area contributed by atoms with E-state index in [1.165, 1.54) is 32.3 Å². The molecule has 0 aliphatic carbocycles. The van der Waals surface area contributed by atoms with Crippen LogP contribution in [-0.2, 0) is 44.8 Å². The van der Waals surface area contributed by atoms with Gasteiger partial charge in [-0.25, -0.2) is 0 Å². The van der Waals surface area contributed by atoms with Crippen LogP contribution in [0.25, 0.3) is 43.1 Å². The summed E-state index contributed by atoms with van der Waals surface area (Å²) in [7, 11) is 0. The van der Waals surface area contributed by atoms with Crippen molar-refractivity contribution in [3.63, 3.8) is 0 Å². The average molecular weight is 670 g/mol. The summed E-state index contributed by atoms with van der Waals surface area (Å²) >= 11 is 0. The molecule has 0 spiro atoms. The third kappa shape index (κ3) is 2.87. The molecular weight excluding hydrogens is 658 g/mol. The molecule has 0 N–H and O–H groups in total. The first-order chi connectivity index (χ1) is 10.9. The van der Waals surface area contributed by atoms with E-state index >= 15 is 0 Å². The second kappa shape index (κ2) is 6.86. The molecule has 122 valence electrons. The van der Waals surface area contributed by atoms with Crippen LogP contribution in [0.5, 0.6) is 0 Å². The Bertz CT molecular complexity index is 992. The molecular formula is C22H12Au2. The van der Waals surface area contributed by atoms with Gasteiger partial charge in [0.2, 0.25) is 0 Å². The largest absolute Gasteiger partial charge is 1.00 e. The van der Waals surface area contributed by atoms with Crippen LogP contribution in [-0.4, -0.2) is 0 Å². The van der Waals surface area contributed by atoms with Crippen molar-refractivity contribution in [2.75, 3.05) is 0 Å². The van der Waals surface area contributed by atoms with Gasteiger partial charge < -0.3 is 0 Å². The molecule has 0 bridgehead atoms. The van der Waals surface area contributed by atoms with Gasteiger partial charge in [-0.3, -0.25) is 0 Å². The maximum atomic E-state index is 3.58. The maximum Gasteiger partial charge on any atom is 1.00 e. The zero-order valence-corrected chi connectivity index (χ0v) is 16.9. The van der Waals surface area contributed by atoms with Crippen LogP contribution in [0, 0.1) is 12.1 Å². The summed E-state index contributed by atoms with van der Waals surface area (Å²) in [5, 5.41) is 9.70. The molecule has 0 amide bonds. The van der Waals surface area contributed by atoms with Gasteiger partial charge in [0.25, 0.3) is 0 Å². The molecule has 5 aromatic carbocycles. The topological polar surface area (TPSA) is 0 Å². The van der Waals surface area contributed by atoms with E-state index in [2.05, 4.69) is 72.8 Å². The van der Waals surface area contributed by atoms with Crippen LogP contribution in [0.4, 0.5) is 0 Å². The number of rotatable bonds is 0. The smallest absolute Gasteiger partial charge is 0.162 e. The van der Waals surface area contributed by atoms with Gasteiger partial charge >= 0.3 is 44.8 Å². The van der Waals surface area contributed by atoms with Gasteiger partial charge in [-0.15, -0.1) is 64.0 Å². The molecule has 0 nitrogen and oxygen atoms in total. The van der Waals surface area contributed by atoms with Crippen LogP contribution in [0.15, 0.2) is 72.8 Å². The van der Waals surface area contributed by atoms with Crippen molar-refractivity contribution < 1.29 is 44.8 Å². The Labute approximate surface area is 171 Å². The second-order valence-corrected chi connectivity index (χ2v) is 5.75. The van der Waals surface area contributed by atoms with Crippen molar-refractivity contribution in [2.45, 2.75) is 0 Å². The Morgan fingerprint density at radius 2 is 1.04 bits per heavy atom. The van der Waals surface area contributed by atoms with Crippen molar-refractivity contribution >= 4 is 43.1 Å². The molecule has 0 heterocycles. The van der Waals surface area contributed by atoms with Crippen molar-refractivity contribution in [1.82, 2.24) is 0 Å². The van der Waals surface area contributed by atoms with Gasteiger partial charge in [-0.1, -0.05) is 41.1 Å². The first kappa shape index (κ1) is 17.4. The van der Waals surface area contributed by atoms with Crippen molar-refractivity contribution in [2.24, 2.45) is 0 Å². The monoisotopic (exact) mass is 670 g/mol. The summed E-state index contributed by atoms with van der Waals surface area (Å²) in [4.78, 5) is 0. The SMILES string of the molecule is [Au+].[Au+].[c-]1cccc2cc3[c-]c4cc5ccccc5cc4cc3cc12. The van der Waals surface area contributed by atoms with Gasteiger partial charge in [-0.05, 0) is 5.39 Å². The van der Waals surface area contributed by atoms with Crippen LogP contribution in [0.1, 0.15) is 0 Å². The molecule has 0 saturated heterocycles. The van der Waals surface area contributed by atoms with Gasteiger partial charge in [0.15, 0.2) is 0 Å². The number of hydrogen-bond donors (Lipinski definition) is 0. The molecule has 0 fully saturated rings. The molecule has 5 aromatic rings. The van der Waals surface area contributed by atoms with E-state index in [9.17, 15) is 0 Å². The van der Waals surface area contributed by atoms with E-state index in [-0.39, 0.29) is 44.8 Å². The van der Waals surface area contributed by atoms with Gasteiger partial charge in [0.1, 0.15) is 0 Å². The van der Waals surface area contributed by atoms with E-state index in [0.717, 1.165) is 10.8 Å². The minimum absolute atomic E-state index is 0. The minimum atomic E-state index is 0. The van der Waals surface area contributed by atoms with Crippen molar-refractivity contribution in [1.29, 1.82) is 0 Å². The minimum Gasteiger partial charge on any atom is -0.162 e. The predicted molar refractivity (Wildman–Crippen MR) is 94.1 cm³/mol. The molecule has 0 atom stereocenters. The maximum absolute atomic E-state index is 3.58. The fourth-order valence-corrected chi connectivity index (χ4v) is 3.21. The normalized spacial score (nSPS) is 10.7. The van der Waals surface area contributed by atoms with Crippen molar-refractivity contribution in [3.8, 4) is 0 Å². The number of fused-ring (bicyclic) bond motifs is 4. The number of benzene rings is 5. The Morgan fingerprint density at radius 3 is 1.83 bits per heavy atom. The van der Waals surface area contributed by atoms with E-state index in [1.807, 2.05) is 12.1 Å². The molecule has 0 saturated carbocycles. The second-order valence-electron chi connectivity index (χ2n) is 5.75. The molecule has 2 heteroatoms. The summed E-state index contributed by atoms with van der Waals surface area (Å²) in [5.74, 6) is 0. The fourth-order valence-electron chi connectivity index (χ4n) is 3.21. The summed E-state index contributed by atoms with van der Waals surface area (Å²) in [6, 6.07) is 32.6. The Hall–Kier alpha value is -1.38. The van der Waals surface area contributed by atoms with E-state index in [0.29, 0.717) is 0 Å². The van der Waals surface area contributed by atoms with Crippen LogP contribution in [0.3, 0.4) is 0 Å². The molecule has 0 unspecified atom stereocenters. The van der Waals surface area contributed by atoms with Crippen LogP contribution < -0.4 is 0 Å². The zero-order valence-electron chi connectivity index (χ0n) is 12.5. The molecule has 0 aliphatic rings.